The maximum Gasteiger partial charge on any atom is 0.101 e. The van der Waals surface area contributed by atoms with Crippen molar-refractivity contribution in [2.45, 2.75) is 200 Å². The first kappa shape index (κ1) is 36.8. The summed E-state index contributed by atoms with van der Waals surface area (Å²) < 4.78 is 0. The van der Waals surface area contributed by atoms with Crippen LogP contribution in [-0.2, 0) is 6.54 Å². The molecule has 1 aliphatic rings. The molecule has 0 radical (unpaired) electrons. The van der Waals surface area contributed by atoms with E-state index in [0.29, 0.717) is 6.17 Å². The molecule has 1 heterocycles. The lowest BCUT2D eigenvalue weighted by Crippen LogP contribution is -2.38. The second kappa shape index (κ2) is 27.1. The van der Waals surface area contributed by atoms with Crippen LogP contribution in [-0.4, -0.2) is 22.5 Å². The second-order valence-electron chi connectivity index (χ2n) is 13.4. The molecule has 0 amide bonds. The lowest BCUT2D eigenvalue weighted by Gasteiger charge is -2.33. The van der Waals surface area contributed by atoms with Crippen LogP contribution in [0.3, 0.4) is 0 Å². The summed E-state index contributed by atoms with van der Waals surface area (Å²) in [5, 5.41) is 0. The third kappa shape index (κ3) is 19.0. The smallest absolute Gasteiger partial charge is 0.101 e. The predicted molar refractivity (Wildman–Crippen MR) is 188 cm³/mol. The molecule has 0 aromatic heterocycles. The summed E-state index contributed by atoms with van der Waals surface area (Å²) in [4.78, 5) is 5.27. The van der Waals surface area contributed by atoms with Gasteiger partial charge in [-0.05, 0) is 24.8 Å². The van der Waals surface area contributed by atoms with Crippen molar-refractivity contribution in [3.05, 3.63) is 48.3 Å². The van der Waals surface area contributed by atoms with Crippen molar-refractivity contribution in [2.75, 3.05) is 6.54 Å². The molecule has 242 valence electrons. The lowest BCUT2D eigenvalue weighted by molar-refractivity contribution is 0.132. The summed E-state index contributed by atoms with van der Waals surface area (Å²) in [5.41, 5.74) is 1.43. The third-order valence-corrected chi connectivity index (χ3v) is 9.51. The Morgan fingerprint density at radius 1 is 0.429 bits per heavy atom. The molecule has 0 aliphatic carbocycles. The minimum Gasteiger partial charge on any atom is -0.356 e. The Hall–Kier alpha value is -1.44. The molecule has 1 atom stereocenters. The summed E-state index contributed by atoms with van der Waals surface area (Å²) in [7, 11) is 0. The van der Waals surface area contributed by atoms with Gasteiger partial charge in [-0.25, -0.2) is 0 Å². The number of unbranched alkanes of at least 4 members (excludes halogenated alkanes) is 24. The maximum atomic E-state index is 2.67. The Morgan fingerprint density at radius 2 is 0.810 bits per heavy atom. The van der Waals surface area contributed by atoms with Crippen LogP contribution >= 0.6 is 0 Å². The molecule has 0 saturated carbocycles. The number of benzene rings is 1. The fourth-order valence-corrected chi connectivity index (χ4v) is 6.72. The second-order valence-corrected chi connectivity index (χ2v) is 13.4. The van der Waals surface area contributed by atoms with Crippen LogP contribution in [0.2, 0.25) is 0 Å². The van der Waals surface area contributed by atoms with Gasteiger partial charge >= 0.3 is 0 Å². The van der Waals surface area contributed by atoms with Crippen molar-refractivity contribution in [2.24, 2.45) is 0 Å². The van der Waals surface area contributed by atoms with Gasteiger partial charge in [-0.2, -0.15) is 0 Å². The van der Waals surface area contributed by atoms with Crippen molar-refractivity contribution in [1.82, 2.24) is 9.80 Å². The van der Waals surface area contributed by atoms with E-state index in [2.05, 4.69) is 66.4 Å². The minimum atomic E-state index is 0.552. The van der Waals surface area contributed by atoms with Gasteiger partial charge in [0, 0.05) is 25.5 Å². The summed E-state index contributed by atoms with van der Waals surface area (Å²) in [6.07, 6.45) is 43.9. The Balaban J connectivity index is 1.51. The molecule has 2 rings (SSSR count). The van der Waals surface area contributed by atoms with Crippen LogP contribution in [0.4, 0.5) is 0 Å². The summed E-state index contributed by atoms with van der Waals surface area (Å²) >= 11 is 0. The fraction of sp³-hybridized carbons (Fsp3) is 0.800. The molecule has 1 aliphatic heterocycles. The van der Waals surface area contributed by atoms with Gasteiger partial charge in [0.05, 0.1) is 0 Å². The van der Waals surface area contributed by atoms with E-state index in [1.807, 2.05) is 0 Å². The van der Waals surface area contributed by atoms with Gasteiger partial charge in [0.1, 0.15) is 6.17 Å². The highest BCUT2D eigenvalue weighted by Crippen LogP contribution is 2.25. The average molecular weight is 581 g/mol. The van der Waals surface area contributed by atoms with Crippen molar-refractivity contribution in [3.63, 3.8) is 0 Å². The Bertz CT molecular complexity index is 714. The summed E-state index contributed by atoms with van der Waals surface area (Å²) in [5.74, 6) is 0. The molecule has 1 aromatic rings. The van der Waals surface area contributed by atoms with Crippen molar-refractivity contribution < 1.29 is 0 Å². The number of hydrogen-bond acceptors (Lipinski definition) is 2. The fourth-order valence-electron chi connectivity index (χ4n) is 6.72. The highest BCUT2D eigenvalue weighted by molar-refractivity contribution is 5.16. The lowest BCUT2D eigenvalue weighted by atomic mass is 10.0. The van der Waals surface area contributed by atoms with Crippen LogP contribution in [0.1, 0.15) is 193 Å². The highest BCUT2D eigenvalue weighted by Gasteiger charge is 2.25. The molecule has 42 heavy (non-hydrogen) atoms. The largest absolute Gasteiger partial charge is 0.356 e. The van der Waals surface area contributed by atoms with Crippen LogP contribution in [0.25, 0.3) is 0 Å². The molecule has 1 unspecified atom stereocenters. The quantitative estimate of drug-likeness (QED) is 0.0835. The zero-order chi connectivity index (χ0) is 29.8. The monoisotopic (exact) mass is 581 g/mol. The van der Waals surface area contributed by atoms with E-state index in [1.165, 1.54) is 185 Å². The molecule has 0 spiro atoms. The van der Waals surface area contributed by atoms with Gasteiger partial charge in [-0.15, -0.1) is 0 Å². The van der Waals surface area contributed by atoms with E-state index in [0.717, 1.165) is 6.54 Å². The van der Waals surface area contributed by atoms with Crippen molar-refractivity contribution in [3.8, 4) is 0 Å². The SMILES string of the molecule is CCCCCCCCCCCCCCCCCCCN1C=CN(Cc2ccccc2)C1CCCCCCCCCCC. The number of hydrogen-bond donors (Lipinski definition) is 0. The van der Waals surface area contributed by atoms with E-state index in [1.54, 1.807) is 0 Å². The summed E-state index contributed by atoms with van der Waals surface area (Å²) in [6.45, 7) is 6.88. The van der Waals surface area contributed by atoms with E-state index in [9.17, 15) is 0 Å². The van der Waals surface area contributed by atoms with Crippen LogP contribution < -0.4 is 0 Å². The first-order valence-corrected chi connectivity index (χ1v) is 19.1. The zero-order valence-corrected chi connectivity index (χ0v) is 28.5. The first-order valence-electron chi connectivity index (χ1n) is 19.1. The minimum absolute atomic E-state index is 0.552. The van der Waals surface area contributed by atoms with Crippen LogP contribution in [0, 0.1) is 0 Å². The maximum absolute atomic E-state index is 2.67. The highest BCUT2D eigenvalue weighted by atomic mass is 15.4. The molecule has 2 heteroatoms. The first-order chi connectivity index (χ1) is 20.8. The standard InChI is InChI=1S/C40H72N2/c1-3-5-7-9-11-13-14-15-16-17-18-19-20-22-24-26-31-35-41-36-37-42(38-39-32-28-27-29-33-39)40(41)34-30-25-23-21-12-10-8-6-4-2/h27-29,32-33,36-37,40H,3-26,30-31,34-35,38H2,1-2H3. The Labute approximate surface area is 264 Å². The Morgan fingerprint density at radius 3 is 1.26 bits per heavy atom. The van der Waals surface area contributed by atoms with Gasteiger partial charge in [0.15, 0.2) is 0 Å². The molecule has 0 saturated heterocycles. The van der Waals surface area contributed by atoms with Crippen molar-refractivity contribution >= 4 is 0 Å². The zero-order valence-electron chi connectivity index (χ0n) is 28.5. The van der Waals surface area contributed by atoms with Gasteiger partial charge in [0.2, 0.25) is 0 Å². The molecule has 0 bridgehead atoms. The van der Waals surface area contributed by atoms with E-state index < -0.39 is 0 Å². The van der Waals surface area contributed by atoms with Gasteiger partial charge in [-0.3, -0.25) is 0 Å². The summed E-state index contributed by atoms with van der Waals surface area (Å²) in [6, 6.07) is 11.1. The van der Waals surface area contributed by atoms with Gasteiger partial charge in [-0.1, -0.05) is 198 Å². The van der Waals surface area contributed by atoms with Crippen LogP contribution in [0.15, 0.2) is 42.7 Å². The molecule has 0 N–H and O–H groups in total. The van der Waals surface area contributed by atoms with E-state index >= 15 is 0 Å². The third-order valence-electron chi connectivity index (χ3n) is 9.51. The molecular weight excluding hydrogens is 508 g/mol. The van der Waals surface area contributed by atoms with Gasteiger partial charge < -0.3 is 9.80 Å². The molecular formula is C40H72N2. The number of nitrogens with zero attached hydrogens (tertiary/aromatic N) is 2. The van der Waals surface area contributed by atoms with E-state index in [-0.39, 0.29) is 0 Å². The van der Waals surface area contributed by atoms with Crippen molar-refractivity contribution in [1.29, 1.82) is 0 Å². The predicted octanol–water partition coefficient (Wildman–Crippen LogP) is 13.2. The average Bonchev–Trinajstić information content (AvgIpc) is 3.39. The topological polar surface area (TPSA) is 6.48 Å². The number of rotatable bonds is 30. The molecule has 0 fully saturated rings. The molecule has 2 nitrogen and oxygen atoms in total. The Kier molecular flexibility index (Phi) is 23.7. The van der Waals surface area contributed by atoms with Gasteiger partial charge in [0.25, 0.3) is 0 Å². The molecule has 1 aromatic carbocycles. The van der Waals surface area contributed by atoms with Crippen LogP contribution in [0.5, 0.6) is 0 Å². The normalized spacial score (nSPS) is 14.9. The van der Waals surface area contributed by atoms with E-state index in [4.69, 9.17) is 0 Å².